The number of methoxy groups -OCH3 is 2. The molecule has 1 fully saturated rings. The van der Waals surface area contributed by atoms with Crippen molar-refractivity contribution in [1.29, 1.82) is 0 Å². The van der Waals surface area contributed by atoms with Crippen molar-refractivity contribution in [3.8, 4) is 11.5 Å². The number of hydrogen-bond donors (Lipinski definition) is 1. The van der Waals surface area contributed by atoms with Gasteiger partial charge in [0.2, 0.25) is 0 Å². The molecule has 7 heteroatoms. The quantitative estimate of drug-likeness (QED) is 0.625. The van der Waals surface area contributed by atoms with Crippen molar-refractivity contribution in [1.82, 2.24) is 10.3 Å². The minimum absolute atomic E-state index is 0. The highest BCUT2D eigenvalue weighted by molar-refractivity contribution is 5.85. The molecule has 1 aromatic carbocycles. The normalized spacial score (nSPS) is 16.5. The molecule has 1 N–H and O–H groups in total. The lowest BCUT2D eigenvalue weighted by Gasteiger charge is -2.37. The van der Waals surface area contributed by atoms with Crippen LogP contribution in [0.4, 0.5) is 5.82 Å². The summed E-state index contributed by atoms with van der Waals surface area (Å²) in [6.45, 7) is 2.85. The summed E-state index contributed by atoms with van der Waals surface area (Å²) in [4.78, 5) is 6.97. The number of fused-ring (bicyclic) bond motifs is 1. The molecule has 1 aliphatic rings. The Morgan fingerprint density at radius 1 is 1.24 bits per heavy atom. The van der Waals surface area contributed by atoms with Gasteiger partial charge in [0.25, 0.3) is 0 Å². The number of hydrogen-bond acceptors (Lipinski definition) is 6. The van der Waals surface area contributed by atoms with E-state index in [1.165, 1.54) is 5.56 Å². The lowest BCUT2D eigenvalue weighted by molar-refractivity contribution is 0.398. The number of aromatic nitrogens is 1. The van der Waals surface area contributed by atoms with Gasteiger partial charge in [-0.15, -0.1) is 12.4 Å². The maximum absolute atomic E-state index is 5.71. The summed E-state index contributed by atoms with van der Waals surface area (Å²) in [5.74, 6) is 2.64. The Kier molecular flexibility index (Phi) is 7.23. The van der Waals surface area contributed by atoms with Gasteiger partial charge in [-0.25, -0.2) is 4.98 Å². The fourth-order valence-corrected chi connectivity index (χ4v) is 3.96. The van der Waals surface area contributed by atoms with Gasteiger partial charge in [-0.2, -0.15) is 0 Å². The van der Waals surface area contributed by atoms with Crippen molar-refractivity contribution in [3.63, 3.8) is 0 Å². The van der Waals surface area contributed by atoms with E-state index in [9.17, 15) is 0 Å². The Balaban J connectivity index is 0.00000240. The highest BCUT2D eigenvalue weighted by Crippen LogP contribution is 2.30. The second-order valence-electron chi connectivity index (χ2n) is 7.10. The monoisotopic (exact) mass is 417 g/mol. The minimum atomic E-state index is 0. The smallest absolute Gasteiger partial charge is 0.171 e. The molecule has 3 aromatic rings. The first-order chi connectivity index (χ1) is 13.8. The van der Waals surface area contributed by atoms with Gasteiger partial charge in [0, 0.05) is 37.3 Å². The number of nitrogens with one attached hydrogen (secondary N) is 1. The van der Waals surface area contributed by atoms with Crippen molar-refractivity contribution in [3.05, 3.63) is 48.4 Å². The minimum Gasteiger partial charge on any atom is -0.497 e. The third kappa shape index (κ3) is 4.60. The van der Waals surface area contributed by atoms with E-state index in [0.717, 1.165) is 67.2 Å². The first kappa shape index (κ1) is 21.3. The maximum atomic E-state index is 5.71. The number of nitrogens with zero attached hydrogens (tertiary/aromatic N) is 2. The molecule has 29 heavy (non-hydrogen) atoms. The Morgan fingerprint density at radius 3 is 2.97 bits per heavy atom. The molecule has 2 aromatic heterocycles. The summed E-state index contributed by atoms with van der Waals surface area (Å²) in [6.07, 6.45) is 6.84. The molecule has 1 atom stereocenters. The van der Waals surface area contributed by atoms with Crippen LogP contribution < -0.4 is 19.7 Å². The Hall–Kier alpha value is -2.44. The molecule has 0 amide bonds. The molecule has 0 saturated carbocycles. The third-order valence-corrected chi connectivity index (χ3v) is 5.44. The van der Waals surface area contributed by atoms with Gasteiger partial charge in [-0.1, -0.05) is 0 Å². The zero-order chi connectivity index (χ0) is 19.3. The Morgan fingerprint density at radius 2 is 2.14 bits per heavy atom. The number of aryl methyl sites for hydroxylation is 1. The van der Waals surface area contributed by atoms with Crippen LogP contribution in [0.15, 0.2) is 47.2 Å². The van der Waals surface area contributed by atoms with Gasteiger partial charge < -0.3 is 24.1 Å². The molecule has 6 nitrogen and oxygen atoms in total. The summed E-state index contributed by atoms with van der Waals surface area (Å²) in [5, 5.41) is 4.66. The fraction of sp³-hybridized carbons (Fsp3) is 0.409. The van der Waals surface area contributed by atoms with Gasteiger partial charge in [0.1, 0.15) is 11.3 Å². The molecular formula is C22H28ClN3O3. The predicted octanol–water partition coefficient (Wildman–Crippen LogP) is 4.07. The van der Waals surface area contributed by atoms with Crippen LogP contribution >= 0.6 is 12.4 Å². The number of piperazine rings is 1. The van der Waals surface area contributed by atoms with Crippen molar-refractivity contribution in [2.24, 2.45) is 0 Å². The summed E-state index contributed by atoms with van der Waals surface area (Å²) < 4.78 is 16.6. The van der Waals surface area contributed by atoms with Crippen LogP contribution in [0.5, 0.6) is 11.5 Å². The van der Waals surface area contributed by atoms with Crippen LogP contribution in [-0.4, -0.2) is 44.9 Å². The van der Waals surface area contributed by atoms with E-state index in [1.807, 2.05) is 36.7 Å². The highest BCUT2D eigenvalue weighted by Gasteiger charge is 2.25. The van der Waals surface area contributed by atoms with E-state index in [0.29, 0.717) is 6.04 Å². The Bertz CT molecular complexity index is 931. The number of halogens is 1. The number of pyridine rings is 1. The summed E-state index contributed by atoms with van der Waals surface area (Å²) >= 11 is 0. The first-order valence-electron chi connectivity index (χ1n) is 9.80. The zero-order valence-corrected chi connectivity index (χ0v) is 17.7. The molecule has 1 saturated heterocycles. The van der Waals surface area contributed by atoms with Crippen LogP contribution in [0.1, 0.15) is 18.4 Å². The molecule has 1 aliphatic heterocycles. The lowest BCUT2D eigenvalue weighted by Crippen LogP contribution is -2.51. The molecule has 0 spiro atoms. The first-order valence-corrected chi connectivity index (χ1v) is 9.80. The third-order valence-electron chi connectivity index (χ3n) is 5.44. The maximum Gasteiger partial charge on any atom is 0.171 e. The average molecular weight is 418 g/mol. The number of rotatable bonds is 7. The van der Waals surface area contributed by atoms with Crippen LogP contribution in [0.3, 0.4) is 0 Å². The second kappa shape index (κ2) is 9.85. The molecule has 156 valence electrons. The summed E-state index contributed by atoms with van der Waals surface area (Å²) in [5.41, 5.74) is 2.15. The van der Waals surface area contributed by atoms with Gasteiger partial charge in [0.05, 0.1) is 20.5 Å². The van der Waals surface area contributed by atoms with Crippen LogP contribution in [0.25, 0.3) is 11.0 Å². The molecule has 1 unspecified atom stereocenters. The molecule has 4 rings (SSSR count). The number of ether oxygens (including phenoxy) is 2. The molecular weight excluding hydrogens is 390 g/mol. The summed E-state index contributed by atoms with van der Waals surface area (Å²) in [6, 6.07) is 10.2. The van der Waals surface area contributed by atoms with E-state index < -0.39 is 0 Å². The number of furan rings is 1. The van der Waals surface area contributed by atoms with Crippen molar-refractivity contribution >= 4 is 29.2 Å². The van der Waals surface area contributed by atoms with Crippen molar-refractivity contribution < 1.29 is 13.9 Å². The van der Waals surface area contributed by atoms with E-state index in [2.05, 4.69) is 21.3 Å². The molecule has 0 aliphatic carbocycles. The summed E-state index contributed by atoms with van der Waals surface area (Å²) in [7, 11) is 3.40. The van der Waals surface area contributed by atoms with Gasteiger partial charge in [-0.3, -0.25) is 0 Å². The Labute approximate surface area is 177 Å². The molecule has 3 heterocycles. The second-order valence-corrected chi connectivity index (χ2v) is 7.10. The largest absolute Gasteiger partial charge is 0.497 e. The van der Waals surface area contributed by atoms with E-state index >= 15 is 0 Å². The number of benzene rings is 1. The standard InChI is InChI=1S/C22H27N3O3.ClH/c1-26-18-8-9-20-19(13-18)16(15-28-20)5-3-6-17-14-23-11-12-25(17)22-21(27-2)7-4-10-24-22;/h4,7-10,13,15,17,23H,3,5-6,11-12,14H2,1-2H3;1H. The van der Waals surface area contributed by atoms with Crippen LogP contribution in [0.2, 0.25) is 0 Å². The van der Waals surface area contributed by atoms with Gasteiger partial charge in [-0.05, 0) is 55.2 Å². The number of anilines is 1. The van der Waals surface area contributed by atoms with E-state index in [4.69, 9.17) is 13.9 Å². The van der Waals surface area contributed by atoms with Gasteiger partial charge in [0.15, 0.2) is 11.6 Å². The molecule has 0 radical (unpaired) electrons. The van der Waals surface area contributed by atoms with Crippen molar-refractivity contribution in [2.45, 2.75) is 25.3 Å². The highest BCUT2D eigenvalue weighted by atomic mass is 35.5. The fourth-order valence-electron chi connectivity index (χ4n) is 3.96. The van der Waals surface area contributed by atoms with Crippen molar-refractivity contribution in [2.75, 3.05) is 38.8 Å². The van der Waals surface area contributed by atoms with Crippen LogP contribution in [-0.2, 0) is 6.42 Å². The topological polar surface area (TPSA) is 59.8 Å². The molecule has 0 bridgehead atoms. The predicted molar refractivity (Wildman–Crippen MR) is 118 cm³/mol. The average Bonchev–Trinajstić information content (AvgIpc) is 3.16. The van der Waals surface area contributed by atoms with Crippen LogP contribution in [0, 0.1) is 0 Å². The van der Waals surface area contributed by atoms with E-state index in [-0.39, 0.29) is 12.4 Å². The van der Waals surface area contributed by atoms with Gasteiger partial charge >= 0.3 is 0 Å². The van der Waals surface area contributed by atoms with E-state index in [1.54, 1.807) is 14.2 Å². The lowest BCUT2D eigenvalue weighted by atomic mass is 10.0. The zero-order valence-electron chi connectivity index (χ0n) is 16.9. The SMILES string of the molecule is COc1ccc2occ(CCCC3CNCCN3c3ncccc3OC)c2c1.Cl.